The molecule has 1 aliphatic rings. The third-order valence-corrected chi connectivity index (χ3v) is 6.51. The van der Waals surface area contributed by atoms with Gasteiger partial charge in [-0.25, -0.2) is 9.59 Å². The van der Waals surface area contributed by atoms with E-state index in [0.717, 1.165) is 32.7 Å². The zero-order chi connectivity index (χ0) is 24.5. The van der Waals surface area contributed by atoms with Crippen LogP contribution in [-0.4, -0.2) is 18.0 Å². The van der Waals surface area contributed by atoms with E-state index < -0.39 is 24.1 Å². The van der Waals surface area contributed by atoms with Crippen LogP contribution in [-0.2, 0) is 9.47 Å². The van der Waals surface area contributed by atoms with Crippen molar-refractivity contribution in [3.63, 3.8) is 0 Å². The number of carbonyl (C=O) groups excluding carboxylic acids is 2. The molecule has 174 valence electrons. The van der Waals surface area contributed by atoms with E-state index in [4.69, 9.17) is 9.47 Å². The topological polar surface area (TPSA) is 52.6 Å². The predicted octanol–water partition coefficient (Wildman–Crippen LogP) is 7.14. The monoisotopic (exact) mass is 470 g/mol. The molecule has 0 fully saturated rings. The Bertz CT molecular complexity index is 1620. The van der Waals surface area contributed by atoms with Gasteiger partial charge in [0, 0.05) is 5.56 Å². The minimum atomic E-state index is -0.810. The molecule has 0 heterocycles. The van der Waals surface area contributed by atoms with Gasteiger partial charge in [-0.15, -0.1) is 0 Å². The fraction of sp³-hybridized carbons (Fsp3) is 0.0625. The summed E-state index contributed by atoms with van der Waals surface area (Å²) in [6.07, 6.45) is 2.13. The molecule has 0 spiro atoms. The molecule has 5 aromatic carbocycles. The van der Waals surface area contributed by atoms with Gasteiger partial charge in [-0.1, -0.05) is 78.9 Å². The molecule has 0 saturated heterocycles. The number of ether oxygens (including phenoxy) is 2. The molecule has 0 saturated carbocycles. The van der Waals surface area contributed by atoms with E-state index in [2.05, 4.69) is 30.3 Å². The Hall–Kier alpha value is -4.70. The van der Waals surface area contributed by atoms with Gasteiger partial charge in [0.15, 0.2) is 12.2 Å². The van der Waals surface area contributed by atoms with E-state index in [1.807, 2.05) is 36.4 Å². The van der Waals surface area contributed by atoms with Crippen LogP contribution in [0.3, 0.4) is 0 Å². The third kappa shape index (κ3) is 4.03. The zero-order valence-corrected chi connectivity index (χ0v) is 19.3. The van der Waals surface area contributed by atoms with Crippen LogP contribution in [0.15, 0.2) is 115 Å². The maximum absolute atomic E-state index is 13.2. The lowest BCUT2D eigenvalue weighted by atomic mass is 9.87. The van der Waals surface area contributed by atoms with Crippen molar-refractivity contribution < 1.29 is 19.1 Å². The Morgan fingerprint density at radius 2 is 1.17 bits per heavy atom. The fourth-order valence-corrected chi connectivity index (χ4v) is 4.73. The highest BCUT2D eigenvalue weighted by Crippen LogP contribution is 2.40. The summed E-state index contributed by atoms with van der Waals surface area (Å²) in [5.74, 6) is -0.944. The SMILES string of the molecule is O=C(O[C@H]1C=Cc2ccc3cc4ccccc4cc3c2[C@H]1OC(=O)c1ccccc1)c1ccccc1. The van der Waals surface area contributed by atoms with Crippen LogP contribution in [0.2, 0.25) is 0 Å². The first kappa shape index (κ1) is 21.8. The summed E-state index contributed by atoms with van der Waals surface area (Å²) in [5, 5.41) is 4.19. The Balaban J connectivity index is 1.47. The first-order valence-corrected chi connectivity index (χ1v) is 11.8. The third-order valence-electron chi connectivity index (χ3n) is 6.51. The van der Waals surface area contributed by atoms with Crippen LogP contribution < -0.4 is 0 Å². The lowest BCUT2D eigenvalue weighted by Gasteiger charge is -2.30. The molecular formula is C32H22O4. The highest BCUT2D eigenvalue weighted by atomic mass is 16.6. The van der Waals surface area contributed by atoms with Crippen molar-refractivity contribution in [2.75, 3.05) is 0 Å². The first-order valence-electron chi connectivity index (χ1n) is 11.8. The largest absolute Gasteiger partial charge is 0.450 e. The highest BCUT2D eigenvalue weighted by molar-refractivity contribution is 6.01. The van der Waals surface area contributed by atoms with Crippen molar-refractivity contribution in [3.05, 3.63) is 138 Å². The number of rotatable bonds is 4. The van der Waals surface area contributed by atoms with Gasteiger partial charge >= 0.3 is 11.9 Å². The summed E-state index contributed by atoms with van der Waals surface area (Å²) < 4.78 is 12.0. The van der Waals surface area contributed by atoms with Crippen molar-refractivity contribution >= 4 is 39.6 Å². The lowest BCUT2D eigenvalue weighted by Crippen LogP contribution is -2.30. The van der Waals surface area contributed by atoms with Crippen molar-refractivity contribution in [1.29, 1.82) is 0 Å². The Kier molecular flexibility index (Phi) is 5.55. The predicted molar refractivity (Wildman–Crippen MR) is 141 cm³/mol. The average molecular weight is 471 g/mol. The Labute approximate surface area is 208 Å². The molecule has 0 radical (unpaired) electrons. The van der Waals surface area contributed by atoms with E-state index in [-0.39, 0.29) is 0 Å². The standard InChI is InChI=1S/C32H22O4/c33-31(22-9-3-1-4-10-22)35-28-18-17-21-15-16-26-19-24-13-7-8-14-25(24)20-27(26)29(21)30(28)36-32(34)23-11-5-2-6-12-23/h1-20,28,30H/t28-,30-/m0/s1. The van der Waals surface area contributed by atoms with Crippen molar-refractivity contribution in [2.24, 2.45) is 0 Å². The van der Waals surface area contributed by atoms with E-state index >= 15 is 0 Å². The number of fused-ring (bicyclic) bond motifs is 4. The highest BCUT2D eigenvalue weighted by Gasteiger charge is 2.34. The maximum Gasteiger partial charge on any atom is 0.338 e. The molecule has 4 heteroatoms. The fourth-order valence-electron chi connectivity index (χ4n) is 4.73. The quantitative estimate of drug-likeness (QED) is 0.207. The van der Waals surface area contributed by atoms with Gasteiger partial charge in [-0.3, -0.25) is 0 Å². The molecule has 0 unspecified atom stereocenters. The molecule has 2 atom stereocenters. The molecule has 6 rings (SSSR count). The van der Waals surface area contributed by atoms with Crippen molar-refractivity contribution in [2.45, 2.75) is 12.2 Å². The second-order valence-corrected chi connectivity index (χ2v) is 8.78. The van der Waals surface area contributed by atoms with E-state index in [0.29, 0.717) is 11.1 Å². The summed E-state index contributed by atoms with van der Waals surface area (Å²) in [6, 6.07) is 34.1. The number of esters is 2. The maximum atomic E-state index is 13.2. The smallest absolute Gasteiger partial charge is 0.338 e. The van der Waals surface area contributed by atoms with Gasteiger partial charge in [0.1, 0.15) is 0 Å². The van der Waals surface area contributed by atoms with E-state index in [1.54, 1.807) is 54.6 Å². The van der Waals surface area contributed by atoms with Crippen LogP contribution >= 0.6 is 0 Å². The summed E-state index contributed by atoms with van der Waals surface area (Å²) in [4.78, 5) is 26.2. The second-order valence-electron chi connectivity index (χ2n) is 8.78. The van der Waals surface area contributed by atoms with Gasteiger partial charge in [0.05, 0.1) is 11.1 Å². The van der Waals surface area contributed by atoms with Crippen LogP contribution in [0.4, 0.5) is 0 Å². The number of hydrogen-bond acceptors (Lipinski definition) is 4. The number of benzene rings is 5. The van der Waals surface area contributed by atoms with Crippen LogP contribution in [0.1, 0.15) is 37.9 Å². The van der Waals surface area contributed by atoms with Crippen LogP contribution in [0, 0.1) is 0 Å². The van der Waals surface area contributed by atoms with Gasteiger partial charge in [0.2, 0.25) is 0 Å². The second kappa shape index (κ2) is 9.16. The molecule has 0 N–H and O–H groups in total. The minimum Gasteiger partial charge on any atom is -0.450 e. The van der Waals surface area contributed by atoms with E-state index in [1.165, 1.54) is 0 Å². The number of hydrogen-bond donors (Lipinski definition) is 0. The molecule has 1 aliphatic carbocycles. The summed E-state index contributed by atoms with van der Waals surface area (Å²) in [7, 11) is 0. The zero-order valence-electron chi connectivity index (χ0n) is 19.3. The minimum absolute atomic E-state index is 0.437. The van der Waals surface area contributed by atoms with Gasteiger partial charge in [-0.2, -0.15) is 0 Å². The van der Waals surface area contributed by atoms with Crippen LogP contribution in [0.25, 0.3) is 27.6 Å². The molecular weight excluding hydrogens is 448 g/mol. The lowest BCUT2D eigenvalue weighted by molar-refractivity contribution is -0.0224. The average Bonchev–Trinajstić information content (AvgIpc) is 2.93. The Morgan fingerprint density at radius 1 is 0.583 bits per heavy atom. The van der Waals surface area contributed by atoms with Gasteiger partial charge < -0.3 is 9.47 Å². The van der Waals surface area contributed by atoms with Gasteiger partial charge in [-0.05, 0) is 69.6 Å². The molecule has 0 aliphatic heterocycles. The molecule has 4 nitrogen and oxygen atoms in total. The van der Waals surface area contributed by atoms with E-state index in [9.17, 15) is 9.59 Å². The normalized spacial score (nSPS) is 16.4. The molecule has 36 heavy (non-hydrogen) atoms. The molecule has 0 bridgehead atoms. The van der Waals surface area contributed by atoms with Crippen molar-refractivity contribution in [3.8, 4) is 0 Å². The summed E-state index contributed by atoms with van der Waals surface area (Å²) in [6.45, 7) is 0. The van der Waals surface area contributed by atoms with Gasteiger partial charge in [0.25, 0.3) is 0 Å². The summed E-state index contributed by atoms with van der Waals surface area (Å²) in [5.41, 5.74) is 2.63. The summed E-state index contributed by atoms with van der Waals surface area (Å²) >= 11 is 0. The number of carbonyl (C=O) groups is 2. The first-order chi connectivity index (χ1) is 17.7. The van der Waals surface area contributed by atoms with Crippen LogP contribution in [0.5, 0.6) is 0 Å². The van der Waals surface area contributed by atoms with Crippen molar-refractivity contribution in [1.82, 2.24) is 0 Å². The molecule has 5 aromatic rings. The molecule has 0 aromatic heterocycles. The molecule has 0 amide bonds. The Morgan fingerprint density at radius 3 is 1.83 bits per heavy atom.